The molecule has 1 aliphatic heterocycles. The van der Waals surface area contributed by atoms with Crippen molar-refractivity contribution in [3.8, 4) is 0 Å². The van der Waals surface area contributed by atoms with Crippen LogP contribution in [0.3, 0.4) is 0 Å². The van der Waals surface area contributed by atoms with Gasteiger partial charge in [0.25, 0.3) is 0 Å². The predicted octanol–water partition coefficient (Wildman–Crippen LogP) is 1.48. The van der Waals surface area contributed by atoms with Gasteiger partial charge >= 0.3 is 5.97 Å². The average molecular weight is 270 g/mol. The number of carboxylic acids is 1. The summed E-state index contributed by atoms with van der Waals surface area (Å²) >= 11 is 0. The number of nitrogens with one attached hydrogen (secondary N) is 1. The van der Waals surface area contributed by atoms with Gasteiger partial charge in [-0.3, -0.25) is 9.59 Å². The highest BCUT2D eigenvalue weighted by Gasteiger charge is 2.45. The molecule has 0 aromatic heterocycles. The van der Waals surface area contributed by atoms with Crippen molar-refractivity contribution in [3.63, 3.8) is 0 Å². The highest BCUT2D eigenvalue weighted by Crippen LogP contribution is 2.35. The first-order chi connectivity index (χ1) is 8.95. The second-order valence-corrected chi connectivity index (χ2v) is 5.59. The van der Waals surface area contributed by atoms with E-state index in [4.69, 9.17) is 0 Å². The zero-order valence-electron chi connectivity index (χ0n) is 12.2. The lowest BCUT2D eigenvalue weighted by Crippen LogP contribution is -2.42. The number of hydrogen-bond donors (Lipinski definition) is 2. The Morgan fingerprint density at radius 3 is 2.63 bits per heavy atom. The molecule has 5 nitrogen and oxygen atoms in total. The van der Waals surface area contributed by atoms with Gasteiger partial charge in [-0.2, -0.15) is 0 Å². The van der Waals surface area contributed by atoms with Crippen LogP contribution in [0.5, 0.6) is 0 Å². The summed E-state index contributed by atoms with van der Waals surface area (Å²) in [4.78, 5) is 25.2. The van der Waals surface area contributed by atoms with E-state index in [1.807, 2.05) is 13.8 Å². The summed E-state index contributed by atoms with van der Waals surface area (Å²) in [5.74, 6) is -0.751. The topological polar surface area (TPSA) is 69.6 Å². The van der Waals surface area contributed by atoms with Crippen molar-refractivity contribution in [3.05, 3.63) is 0 Å². The molecular formula is C14H26N2O3. The summed E-state index contributed by atoms with van der Waals surface area (Å²) in [5.41, 5.74) is -0.721. The van der Waals surface area contributed by atoms with Gasteiger partial charge in [-0.15, -0.1) is 0 Å². The molecular weight excluding hydrogens is 244 g/mol. The molecule has 1 heterocycles. The predicted molar refractivity (Wildman–Crippen MR) is 73.9 cm³/mol. The van der Waals surface area contributed by atoms with Crippen molar-refractivity contribution in [2.45, 2.75) is 52.5 Å². The summed E-state index contributed by atoms with van der Waals surface area (Å²) in [6.07, 6.45) is 3.03. The van der Waals surface area contributed by atoms with E-state index in [0.717, 1.165) is 12.8 Å². The number of nitrogens with zero attached hydrogens (tertiary/aromatic N) is 1. The molecule has 19 heavy (non-hydrogen) atoms. The molecule has 0 aliphatic carbocycles. The van der Waals surface area contributed by atoms with E-state index in [1.54, 1.807) is 4.90 Å². The Kier molecular flexibility index (Phi) is 5.79. The molecule has 1 rings (SSSR count). The fraction of sp³-hybridized carbons (Fsp3) is 0.857. The lowest BCUT2D eigenvalue weighted by Gasteiger charge is -2.24. The van der Waals surface area contributed by atoms with E-state index >= 15 is 0 Å². The third-order valence-corrected chi connectivity index (χ3v) is 4.10. The number of rotatable bonds is 7. The van der Waals surface area contributed by atoms with Crippen molar-refractivity contribution < 1.29 is 14.7 Å². The van der Waals surface area contributed by atoms with Crippen molar-refractivity contribution >= 4 is 11.9 Å². The molecule has 5 heteroatoms. The number of likely N-dealkylation sites (tertiary alicyclic amines) is 1. The van der Waals surface area contributed by atoms with E-state index in [2.05, 4.69) is 12.2 Å². The third kappa shape index (κ3) is 3.93. The molecule has 0 aromatic rings. The largest absolute Gasteiger partial charge is 0.481 e. The van der Waals surface area contributed by atoms with Crippen molar-refractivity contribution in [2.75, 3.05) is 19.6 Å². The zero-order chi connectivity index (χ0) is 14.5. The normalized spacial score (nSPS) is 24.5. The van der Waals surface area contributed by atoms with Gasteiger partial charge in [0.2, 0.25) is 5.91 Å². The van der Waals surface area contributed by atoms with Crippen LogP contribution in [0.15, 0.2) is 0 Å². The van der Waals surface area contributed by atoms with Crippen LogP contribution in [0, 0.1) is 5.41 Å². The summed E-state index contributed by atoms with van der Waals surface area (Å²) in [7, 11) is 0. The van der Waals surface area contributed by atoms with Gasteiger partial charge in [0.15, 0.2) is 0 Å². The lowest BCUT2D eigenvalue weighted by atomic mass is 9.83. The van der Waals surface area contributed by atoms with Crippen LogP contribution in [-0.2, 0) is 9.59 Å². The maximum Gasteiger partial charge on any atom is 0.311 e. The summed E-state index contributed by atoms with van der Waals surface area (Å²) in [5, 5.41) is 12.6. The van der Waals surface area contributed by atoms with Crippen LogP contribution in [-0.4, -0.2) is 47.6 Å². The Hall–Kier alpha value is -1.10. The van der Waals surface area contributed by atoms with E-state index < -0.39 is 11.4 Å². The van der Waals surface area contributed by atoms with Crippen LogP contribution in [0.4, 0.5) is 0 Å². The van der Waals surface area contributed by atoms with E-state index in [0.29, 0.717) is 38.5 Å². The molecule has 0 aromatic carbocycles. The van der Waals surface area contributed by atoms with Gasteiger partial charge < -0.3 is 15.3 Å². The Labute approximate surface area is 115 Å². The highest BCUT2D eigenvalue weighted by atomic mass is 16.4. The number of carbonyl (C=O) groups is 2. The van der Waals surface area contributed by atoms with Crippen LogP contribution in [0.2, 0.25) is 0 Å². The van der Waals surface area contributed by atoms with Crippen molar-refractivity contribution in [1.82, 2.24) is 10.2 Å². The highest BCUT2D eigenvalue weighted by molar-refractivity contribution is 5.81. The molecule has 0 saturated carbocycles. The Bertz CT molecular complexity index is 333. The fourth-order valence-electron chi connectivity index (χ4n) is 2.57. The average Bonchev–Trinajstić information content (AvgIpc) is 2.81. The molecule has 2 atom stereocenters. The number of hydrogen-bond acceptors (Lipinski definition) is 3. The minimum absolute atomic E-state index is 0.0135. The lowest BCUT2D eigenvalue weighted by molar-refractivity contribution is -0.149. The first-order valence-electron chi connectivity index (χ1n) is 7.19. The molecule has 110 valence electrons. The maximum absolute atomic E-state index is 12.1. The number of amides is 1. The SMILES string of the molecule is CCCC1(C(=O)O)CCN(C(=O)CNC(C)CC)C1. The van der Waals surface area contributed by atoms with Gasteiger partial charge in [-0.1, -0.05) is 20.3 Å². The molecule has 2 N–H and O–H groups in total. The third-order valence-electron chi connectivity index (χ3n) is 4.10. The number of aliphatic carboxylic acids is 1. The van der Waals surface area contributed by atoms with Crippen LogP contribution in [0.25, 0.3) is 0 Å². The maximum atomic E-state index is 12.1. The Balaban J connectivity index is 2.54. The second kappa shape index (κ2) is 6.89. The molecule has 0 spiro atoms. The first kappa shape index (κ1) is 16.0. The van der Waals surface area contributed by atoms with E-state index in [-0.39, 0.29) is 5.91 Å². The molecule has 0 bridgehead atoms. The summed E-state index contributed by atoms with van der Waals surface area (Å²) in [6, 6.07) is 0.312. The van der Waals surface area contributed by atoms with Crippen molar-refractivity contribution in [2.24, 2.45) is 5.41 Å². The standard InChI is InChI=1S/C14H26N2O3/c1-4-6-14(13(18)19)7-8-16(10-14)12(17)9-15-11(3)5-2/h11,15H,4-10H2,1-3H3,(H,18,19). The van der Waals surface area contributed by atoms with E-state index in [1.165, 1.54) is 0 Å². The Morgan fingerprint density at radius 2 is 2.11 bits per heavy atom. The molecule has 1 saturated heterocycles. The summed E-state index contributed by atoms with van der Waals surface area (Å²) < 4.78 is 0. The van der Waals surface area contributed by atoms with Gasteiger partial charge in [0, 0.05) is 19.1 Å². The van der Waals surface area contributed by atoms with E-state index in [9.17, 15) is 14.7 Å². The fourth-order valence-corrected chi connectivity index (χ4v) is 2.57. The smallest absolute Gasteiger partial charge is 0.311 e. The quantitative estimate of drug-likeness (QED) is 0.735. The van der Waals surface area contributed by atoms with Crippen LogP contribution < -0.4 is 5.32 Å². The zero-order valence-corrected chi connectivity index (χ0v) is 12.2. The molecule has 1 aliphatic rings. The number of carboxylic acid groups (broad SMARTS) is 1. The van der Waals surface area contributed by atoms with Gasteiger partial charge in [0.1, 0.15) is 0 Å². The second-order valence-electron chi connectivity index (χ2n) is 5.59. The first-order valence-corrected chi connectivity index (χ1v) is 7.19. The van der Waals surface area contributed by atoms with Crippen LogP contribution >= 0.6 is 0 Å². The number of carbonyl (C=O) groups excluding carboxylic acids is 1. The Morgan fingerprint density at radius 1 is 1.42 bits per heavy atom. The minimum Gasteiger partial charge on any atom is -0.481 e. The van der Waals surface area contributed by atoms with Crippen molar-refractivity contribution in [1.29, 1.82) is 0 Å². The molecule has 1 fully saturated rings. The molecule has 2 unspecified atom stereocenters. The molecule has 0 radical (unpaired) electrons. The summed E-state index contributed by atoms with van der Waals surface area (Å²) in [6.45, 7) is 7.31. The molecule has 1 amide bonds. The van der Waals surface area contributed by atoms with Gasteiger partial charge in [-0.05, 0) is 26.2 Å². The minimum atomic E-state index is -0.764. The monoisotopic (exact) mass is 270 g/mol. The van der Waals surface area contributed by atoms with Gasteiger partial charge in [0.05, 0.1) is 12.0 Å². The van der Waals surface area contributed by atoms with Crippen LogP contribution in [0.1, 0.15) is 46.5 Å². The van der Waals surface area contributed by atoms with Gasteiger partial charge in [-0.25, -0.2) is 0 Å².